The van der Waals surface area contributed by atoms with Gasteiger partial charge in [-0.3, -0.25) is 9.69 Å². The summed E-state index contributed by atoms with van der Waals surface area (Å²) in [5, 5.41) is 1.25. The average Bonchev–Trinajstić information content (AvgIpc) is 3.27. The van der Waals surface area contributed by atoms with Gasteiger partial charge < -0.3 is 24.0 Å². The van der Waals surface area contributed by atoms with Gasteiger partial charge >= 0.3 is 0 Å². The number of amides is 1. The van der Waals surface area contributed by atoms with E-state index in [0.717, 1.165) is 67.6 Å². The maximum Gasteiger partial charge on any atom is 0.236 e. The fourth-order valence-electron chi connectivity index (χ4n) is 9.11. The summed E-state index contributed by atoms with van der Waals surface area (Å²) < 4.78 is 15.6. The standard InChI is InChI=1S/C42H61ClN4O3S/c1-7-9-33-22-36(43)13-14-37(33)35-25-47-24-34-11-15-38(34)42(5,28-45-18-19-46(20-21-49-6)41(48)26-45)17-8-10-29(2)31(4)51-44-30(3)32-12-16-40(50-27-35)39(47)23-32/h12-14,16,22-23,29,31,34-35,38,44H,3,7-11,15,17-21,24-28H2,1-2,4-6H3/t29-,31+,34-,35-,38+,42+/m0/s1. The van der Waals surface area contributed by atoms with E-state index in [0.29, 0.717) is 49.3 Å². The van der Waals surface area contributed by atoms with Crippen molar-refractivity contribution in [3.63, 3.8) is 0 Å². The van der Waals surface area contributed by atoms with Gasteiger partial charge in [-0.2, -0.15) is 0 Å². The Bertz CT molecular complexity index is 1520. The molecule has 4 aliphatic rings. The smallest absolute Gasteiger partial charge is 0.236 e. The van der Waals surface area contributed by atoms with Crippen LogP contribution in [0.3, 0.4) is 0 Å². The Morgan fingerprint density at radius 2 is 1.96 bits per heavy atom. The van der Waals surface area contributed by atoms with Crippen molar-refractivity contribution in [2.45, 2.75) is 83.8 Å². The number of carbonyl (C=O) groups excluding carboxylic acids is 1. The zero-order chi connectivity index (χ0) is 36.1. The SMILES string of the molecule is C=C1NS[C@H](C)[C@@H](C)CCC[C@](C)(CN2CCN(CCOC)C(=O)C2)[C@@H]2CC[C@H]2CN2C[C@H](c3ccc(Cl)cc3CCC)COc3ccc1cc32. The molecule has 6 atom stereocenters. The van der Waals surface area contributed by atoms with Crippen molar-refractivity contribution in [2.75, 3.05) is 71.0 Å². The van der Waals surface area contributed by atoms with Gasteiger partial charge in [-0.1, -0.05) is 64.8 Å². The number of nitrogens with one attached hydrogen (secondary N) is 1. The Hall–Kier alpha value is -2.39. The summed E-state index contributed by atoms with van der Waals surface area (Å²) in [4.78, 5) is 20.3. The number of hydrogen-bond acceptors (Lipinski definition) is 7. The van der Waals surface area contributed by atoms with Crippen LogP contribution >= 0.6 is 23.5 Å². The largest absolute Gasteiger partial charge is 0.491 e. The van der Waals surface area contributed by atoms with Crippen molar-refractivity contribution in [3.8, 4) is 5.75 Å². The summed E-state index contributed by atoms with van der Waals surface area (Å²) in [6, 6.07) is 13.1. The second-order valence-corrected chi connectivity index (χ2v) is 17.8. The van der Waals surface area contributed by atoms with Crippen molar-refractivity contribution >= 4 is 40.8 Å². The molecule has 1 aliphatic carbocycles. The van der Waals surface area contributed by atoms with E-state index in [-0.39, 0.29) is 17.2 Å². The number of fused-ring (bicyclic) bond motifs is 2. The number of piperazine rings is 1. The number of rotatable bonds is 8. The van der Waals surface area contributed by atoms with Gasteiger partial charge in [0.15, 0.2) is 0 Å². The molecular weight excluding hydrogens is 676 g/mol. The Balaban J connectivity index is 1.31. The molecule has 7 nitrogen and oxygen atoms in total. The second kappa shape index (κ2) is 17.2. The molecule has 9 heteroatoms. The van der Waals surface area contributed by atoms with E-state index < -0.39 is 0 Å². The van der Waals surface area contributed by atoms with Gasteiger partial charge in [0, 0.05) is 73.8 Å². The molecule has 2 aromatic carbocycles. The first kappa shape index (κ1) is 38.3. The van der Waals surface area contributed by atoms with Crippen LogP contribution in [-0.4, -0.2) is 87.1 Å². The number of nitrogens with zero attached hydrogens (tertiary/aromatic N) is 3. The van der Waals surface area contributed by atoms with Crippen LogP contribution in [0.2, 0.25) is 5.02 Å². The van der Waals surface area contributed by atoms with Gasteiger partial charge in [-0.25, -0.2) is 0 Å². The summed E-state index contributed by atoms with van der Waals surface area (Å²) in [6.45, 7) is 21.0. The van der Waals surface area contributed by atoms with Gasteiger partial charge in [0.05, 0.1) is 25.4 Å². The normalized spacial score (nSPS) is 29.4. The number of ether oxygens (including phenoxy) is 2. The minimum Gasteiger partial charge on any atom is -0.491 e. The van der Waals surface area contributed by atoms with Crippen molar-refractivity contribution < 1.29 is 14.3 Å². The van der Waals surface area contributed by atoms with E-state index in [2.05, 4.69) is 79.1 Å². The molecule has 51 heavy (non-hydrogen) atoms. The molecule has 1 saturated carbocycles. The number of methoxy groups -OCH3 is 1. The first-order chi connectivity index (χ1) is 24.6. The molecule has 0 radical (unpaired) electrons. The summed E-state index contributed by atoms with van der Waals surface area (Å²) >= 11 is 8.32. The van der Waals surface area contributed by atoms with Crippen LogP contribution in [0.25, 0.3) is 5.70 Å². The first-order valence-electron chi connectivity index (χ1n) is 19.5. The average molecular weight is 737 g/mol. The van der Waals surface area contributed by atoms with Crippen LogP contribution in [0.4, 0.5) is 5.69 Å². The third kappa shape index (κ3) is 9.05. The third-order valence-corrected chi connectivity index (χ3v) is 13.9. The monoisotopic (exact) mass is 736 g/mol. The molecule has 0 aromatic heterocycles. The summed E-state index contributed by atoms with van der Waals surface area (Å²) in [6.07, 6.45) is 8.17. The Kier molecular flexibility index (Phi) is 12.9. The van der Waals surface area contributed by atoms with E-state index in [1.54, 1.807) is 19.1 Å². The van der Waals surface area contributed by atoms with Crippen LogP contribution in [0, 0.1) is 23.2 Å². The maximum absolute atomic E-state index is 13.2. The second-order valence-electron chi connectivity index (χ2n) is 16.1. The van der Waals surface area contributed by atoms with Crippen LogP contribution in [0.5, 0.6) is 5.75 Å². The zero-order valence-electron chi connectivity index (χ0n) is 31.7. The molecular formula is C42H61ClN4O3S. The highest BCUT2D eigenvalue weighted by atomic mass is 35.5. The van der Waals surface area contributed by atoms with Crippen molar-refractivity contribution in [2.24, 2.45) is 23.2 Å². The molecule has 3 aliphatic heterocycles. The van der Waals surface area contributed by atoms with Gasteiger partial charge in [-0.15, -0.1) is 0 Å². The molecule has 1 amide bonds. The van der Waals surface area contributed by atoms with Gasteiger partial charge in [-0.05, 0) is 109 Å². The quantitative estimate of drug-likeness (QED) is 0.273. The molecule has 0 unspecified atom stereocenters. The lowest BCUT2D eigenvalue weighted by atomic mass is 9.57. The predicted octanol–water partition coefficient (Wildman–Crippen LogP) is 8.52. The Labute approximate surface area is 317 Å². The number of anilines is 1. The van der Waals surface area contributed by atoms with Gasteiger partial charge in [0.25, 0.3) is 0 Å². The molecule has 0 spiro atoms. The molecule has 3 heterocycles. The minimum atomic E-state index is 0.133. The fraction of sp³-hybridized carbons (Fsp3) is 0.643. The van der Waals surface area contributed by atoms with Crippen LogP contribution in [-0.2, 0) is 16.0 Å². The lowest BCUT2D eigenvalue weighted by molar-refractivity contribution is -0.138. The summed E-state index contributed by atoms with van der Waals surface area (Å²) in [7, 11) is 1.71. The zero-order valence-corrected chi connectivity index (χ0v) is 33.3. The number of aryl methyl sites for hydroxylation is 1. The molecule has 6 rings (SSSR count). The topological polar surface area (TPSA) is 57.3 Å². The van der Waals surface area contributed by atoms with Crippen molar-refractivity contribution in [1.82, 2.24) is 14.5 Å². The number of hydrogen-bond donors (Lipinski definition) is 1. The molecule has 1 N–H and O–H groups in total. The Morgan fingerprint density at radius 1 is 1.12 bits per heavy atom. The minimum absolute atomic E-state index is 0.133. The van der Waals surface area contributed by atoms with Crippen LogP contribution in [0.1, 0.15) is 88.8 Å². The van der Waals surface area contributed by atoms with E-state index in [1.807, 2.05) is 11.0 Å². The predicted molar refractivity (Wildman–Crippen MR) is 214 cm³/mol. The highest BCUT2D eigenvalue weighted by molar-refractivity contribution is 7.98. The van der Waals surface area contributed by atoms with E-state index in [9.17, 15) is 4.79 Å². The fourth-order valence-corrected chi connectivity index (χ4v) is 10.1. The first-order valence-corrected chi connectivity index (χ1v) is 20.7. The third-order valence-electron chi connectivity index (χ3n) is 12.5. The van der Waals surface area contributed by atoms with Gasteiger partial charge in [0.2, 0.25) is 5.91 Å². The van der Waals surface area contributed by atoms with E-state index in [4.69, 9.17) is 21.1 Å². The highest BCUT2D eigenvalue weighted by Gasteiger charge is 2.46. The van der Waals surface area contributed by atoms with Crippen molar-refractivity contribution in [1.29, 1.82) is 0 Å². The molecule has 2 aromatic rings. The summed E-state index contributed by atoms with van der Waals surface area (Å²) in [5.41, 5.74) is 6.06. The summed E-state index contributed by atoms with van der Waals surface area (Å²) in [5.74, 6) is 3.18. The maximum atomic E-state index is 13.2. The Morgan fingerprint density at radius 3 is 2.71 bits per heavy atom. The number of halogens is 1. The molecule has 2 bridgehead atoms. The molecule has 2 fully saturated rings. The van der Waals surface area contributed by atoms with E-state index >= 15 is 0 Å². The van der Waals surface area contributed by atoms with Crippen LogP contribution in [0.15, 0.2) is 43.0 Å². The van der Waals surface area contributed by atoms with Crippen LogP contribution < -0.4 is 14.4 Å². The lowest BCUT2D eigenvalue weighted by Gasteiger charge is -2.52. The van der Waals surface area contributed by atoms with Crippen molar-refractivity contribution in [3.05, 3.63) is 64.7 Å². The van der Waals surface area contributed by atoms with Gasteiger partial charge in [0.1, 0.15) is 5.75 Å². The highest BCUT2D eigenvalue weighted by Crippen LogP contribution is 2.51. The number of benzene rings is 2. The van der Waals surface area contributed by atoms with E-state index in [1.165, 1.54) is 48.9 Å². The lowest BCUT2D eigenvalue weighted by Crippen LogP contribution is -2.56. The molecule has 280 valence electrons. The molecule has 1 saturated heterocycles. The number of carbonyl (C=O) groups is 1.